The molecule has 0 aliphatic rings. The van der Waals surface area contributed by atoms with E-state index in [1.165, 1.54) is 11.1 Å². The molecule has 0 fully saturated rings. The van der Waals surface area contributed by atoms with Gasteiger partial charge in [-0.2, -0.15) is 0 Å². The Morgan fingerprint density at radius 2 is 1.50 bits per heavy atom. The molecule has 4 heteroatoms. The highest BCUT2D eigenvalue weighted by atomic mass is 16.2. The lowest BCUT2D eigenvalue weighted by Crippen LogP contribution is -2.46. The second-order valence-electron chi connectivity index (χ2n) is 8.45. The van der Waals surface area contributed by atoms with Crippen molar-refractivity contribution in [2.45, 2.75) is 46.1 Å². The molecule has 2 atom stereocenters. The lowest BCUT2D eigenvalue weighted by Gasteiger charge is -2.29. The Kier molecular flexibility index (Phi) is 8.46. The maximum absolute atomic E-state index is 13.2. The lowest BCUT2D eigenvalue weighted by atomic mass is 9.99. The van der Waals surface area contributed by atoms with Crippen LogP contribution in [0.15, 0.2) is 78.9 Å². The quantitative estimate of drug-likeness (QED) is 0.397. The van der Waals surface area contributed by atoms with E-state index in [1.54, 1.807) is 4.90 Å². The number of nitrogens with one attached hydrogen (secondary N) is 1. The van der Waals surface area contributed by atoms with Gasteiger partial charge >= 0.3 is 6.03 Å². The summed E-state index contributed by atoms with van der Waals surface area (Å²) >= 11 is 0. The molecule has 0 spiro atoms. The molecule has 0 aliphatic heterocycles. The Bertz CT molecular complexity index is 968. The first kappa shape index (κ1) is 23.6. The van der Waals surface area contributed by atoms with Crippen LogP contribution in [-0.2, 0) is 6.42 Å². The van der Waals surface area contributed by atoms with Crippen LogP contribution >= 0.6 is 0 Å². The SMILES string of the molecule is CCCc1ccc(-c2ccc(N(CC(N)C(C)CC)C(=O)Nc3ccccc3)cc2)cc1. The topological polar surface area (TPSA) is 58.4 Å². The van der Waals surface area contributed by atoms with Crippen molar-refractivity contribution in [3.8, 4) is 11.1 Å². The zero-order chi connectivity index (χ0) is 22.9. The Balaban J connectivity index is 1.82. The molecule has 2 amide bonds. The minimum Gasteiger partial charge on any atom is -0.326 e. The Hall–Kier alpha value is -3.11. The first-order valence-electron chi connectivity index (χ1n) is 11.6. The number of para-hydroxylation sites is 1. The Morgan fingerprint density at radius 3 is 2.06 bits per heavy atom. The van der Waals surface area contributed by atoms with Gasteiger partial charge in [-0.1, -0.05) is 88.2 Å². The third-order valence-corrected chi connectivity index (χ3v) is 6.04. The number of carbonyl (C=O) groups excluding carboxylic acids is 1. The summed E-state index contributed by atoms with van der Waals surface area (Å²) < 4.78 is 0. The van der Waals surface area contributed by atoms with Crippen LogP contribution in [0.4, 0.5) is 16.2 Å². The molecular formula is C28H35N3O. The van der Waals surface area contributed by atoms with Crippen LogP contribution in [0.25, 0.3) is 11.1 Å². The van der Waals surface area contributed by atoms with Gasteiger partial charge in [0.05, 0.1) is 0 Å². The summed E-state index contributed by atoms with van der Waals surface area (Å²) in [6.07, 6.45) is 3.22. The molecule has 0 saturated carbocycles. The van der Waals surface area contributed by atoms with Gasteiger partial charge in [0.1, 0.15) is 0 Å². The van der Waals surface area contributed by atoms with Gasteiger partial charge in [0, 0.05) is 24.0 Å². The lowest BCUT2D eigenvalue weighted by molar-refractivity contribution is 0.255. The molecule has 32 heavy (non-hydrogen) atoms. The minimum absolute atomic E-state index is 0.104. The number of aryl methyl sites for hydroxylation is 1. The number of hydrogen-bond donors (Lipinski definition) is 2. The molecule has 0 radical (unpaired) electrons. The van der Waals surface area contributed by atoms with Gasteiger partial charge < -0.3 is 11.1 Å². The van der Waals surface area contributed by atoms with Crippen molar-refractivity contribution in [2.75, 3.05) is 16.8 Å². The van der Waals surface area contributed by atoms with Crippen LogP contribution in [-0.4, -0.2) is 18.6 Å². The molecule has 3 aromatic carbocycles. The number of nitrogens with zero attached hydrogens (tertiary/aromatic N) is 1. The molecule has 168 valence electrons. The number of anilines is 2. The van der Waals surface area contributed by atoms with Crippen LogP contribution < -0.4 is 16.0 Å². The van der Waals surface area contributed by atoms with E-state index in [9.17, 15) is 4.79 Å². The zero-order valence-corrected chi connectivity index (χ0v) is 19.4. The van der Waals surface area contributed by atoms with Gasteiger partial charge in [0.15, 0.2) is 0 Å². The summed E-state index contributed by atoms with van der Waals surface area (Å²) in [7, 11) is 0. The number of nitrogens with two attached hydrogens (primary N) is 1. The summed E-state index contributed by atoms with van der Waals surface area (Å²) in [5.41, 5.74) is 11.7. The van der Waals surface area contributed by atoms with Crippen LogP contribution in [0, 0.1) is 5.92 Å². The average Bonchev–Trinajstić information content (AvgIpc) is 2.83. The summed E-state index contributed by atoms with van der Waals surface area (Å²) in [4.78, 5) is 14.9. The second-order valence-corrected chi connectivity index (χ2v) is 8.45. The van der Waals surface area contributed by atoms with Gasteiger partial charge in [0.2, 0.25) is 0 Å². The summed E-state index contributed by atoms with van der Waals surface area (Å²) in [5.74, 6) is 0.322. The minimum atomic E-state index is -0.174. The predicted octanol–water partition coefficient (Wildman–Crippen LogP) is 6.72. The molecule has 0 aromatic heterocycles. The number of amides is 2. The standard InChI is InChI=1S/C28H35N3O/c1-4-9-22-12-14-23(15-13-22)24-16-18-26(19-17-24)31(20-27(29)21(3)5-2)28(32)30-25-10-7-6-8-11-25/h6-8,10-19,21,27H,4-5,9,20,29H2,1-3H3,(H,30,32). The van der Waals surface area contributed by atoms with Gasteiger partial charge in [-0.05, 0) is 53.3 Å². The van der Waals surface area contributed by atoms with Gasteiger partial charge in [-0.15, -0.1) is 0 Å². The molecule has 0 heterocycles. The largest absolute Gasteiger partial charge is 0.326 e. The van der Waals surface area contributed by atoms with Gasteiger partial charge in [-0.3, -0.25) is 4.90 Å². The maximum Gasteiger partial charge on any atom is 0.326 e. The van der Waals surface area contributed by atoms with Crippen LogP contribution in [0.1, 0.15) is 39.2 Å². The molecule has 0 aliphatic carbocycles. The first-order chi connectivity index (χ1) is 15.5. The third-order valence-electron chi connectivity index (χ3n) is 6.04. The van der Waals surface area contributed by atoms with Gasteiger partial charge in [0.25, 0.3) is 0 Å². The van der Waals surface area contributed by atoms with E-state index in [4.69, 9.17) is 5.73 Å². The van der Waals surface area contributed by atoms with Crippen molar-refractivity contribution in [1.82, 2.24) is 0 Å². The van der Waals surface area contributed by atoms with Gasteiger partial charge in [-0.25, -0.2) is 4.79 Å². The first-order valence-corrected chi connectivity index (χ1v) is 11.6. The molecule has 4 nitrogen and oxygen atoms in total. The van der Waals surface area contributed by atoms with Crippen LogP contribution in [0.5, 0.6) is 0 Å². The number of urea groups is 1. The smallest absolute Gasteiger partial charge is 0.326 e. The zero-order valence-electron chi connectivity index (χ0n) is 19.4. The van der Waals surface area contributed by atoms with E-state index in [-0.39, 0.29) is 12.1 Å². The number of hydrogen-bond acceptors (Lipinski definition) is 2. The molecule has 3 rings (SSSR count). The summed E-state index contributed by atoms with van der Waals surface area (Å²) in [6, 6.07) is 26.1. The normalized spacial score (nSPS) is 12.8. The summed E-state index contributed by atoms with van der Waals surface area (Å²) in [6.45, 7) is 6.90. The van der Waals surface area contributed by atoms with E-state index in [0.717, 1.165) is 36.2 Å². The van der Waals surface area contributed by atoms with E-state index >= 15 is 0 Å². The number of carbonyl (C=O) groups is 1. The van der Waals surface area contributed by atoms with Crippen molar-refractivity contribution in [1.29, 1.82) is 0 Å². The highest BCUT2D eigenvalue weighted by Crippen LogP contribution is 2.25. The fourth-order valence-corrected chi connectivity index (χ4v) is 3.70. The molecule has 0 bridgehead atoms. The van der Waals surface area contributed by atoms with Crippen molar-refractivity contribution in [2.24, 2.45) is 11.7 Å². The van der Waals surface area contributed by atoms with Crippen molar-refractivity contribution in [3.63, 3.8) is 0 Å². The van der Waals surface area contributed by atoms with Crippen molar-refractivity contribution in [3.05, 3.63) is 84.4 Å². The highest BCUT2D eigenvalue weighted by molar-refractivity contribution is 6.01. The van der Waals surface area contributed by atoms with E-state index < -0.39 is 0 Å². The Morgan fingerprint density at radius 1 is 0.906 bits per heavy atom. The number of rotatable bonds is 9. The van der Waals surface area contributed by atoms with Crippen molar-refractivity contribution >= 4 is 17.4 Å². The maximum atomic E-state index is 13.2. The molecule has 0 saturated heterocycles. The fourth-order valence-electron chi connectivity index (χ4n) is 3.70. The average molecular weight is 430 g/mol. The van der Waals surface area contributed by atoms with E-state index in [1.807, 2.05) is 42.5 Å². The molecule has 2 unspecified atom stereocenters. The van der Waals surface area contributed by atoms with Crippen molar-refractivity contribution < 1.29 is 4.79 Å². The van der Waals surface area contributed by atoms with Crippen LogP contribution in [0.2, 0.25) is 0 Å². The van der Waals surface area contributed by atoms with Crippen LogP contribution in [0.3, 0.4) is 0 Å². The third kappa shape index (κ3) is 6.21. The highest BCUT2D eigenvalue weighted by Gasteiger charge is 2.22. The van der Waals surface area contributed by atoms with E-state index in [2.05, 4.69) is 62.5 Å². The Labute approximate surface area is 192 Å². The van der Waals surface area contributed by atoms with E-state index in [0.29, 0.717) is 12.5 Å². The summed E-state index contributed by atoms with van der Waals surface area (Å²) in [5, 5.41) is 3.00. The monoisotopic (exact) mass is 429 g/mol. The fraction of sp³-hybridized carbons (Fsp3) is 0.321. The predicted molar refractivity (Wildman–Crippen MR) is 136 cm³/mol. The molecule has 3 aromatic rings. The molecular weight excluding hydrogens is 394 g/mol. The molecule has 3 N–H and O–H groups in total. The second kappa shape index (κ2) is 11.5. The number of benzene rings is 3.